The minimum absolute atomic E-state index is 0.0190. The maximum Gasteiger partial charge on any atom is 0.228 e. The van der Waals surface area contributed by atoms with Crippen LogP contribution in [-0.4, -0.2) is 5.91 Å². The van der Waals surface area contributed by atoms with E-state index >= 15 is 0 Å². The predicted molar refractivity (Wildman–Crippen MR) is 86.0 cm³/mol. The third-order valence-electron chi connectivity index (χ3n) is 3.75. The highest BCUT2D eigenvalue weighted by atomic mass is 35.5. The second-order valence-electron chi connectivity index (χ2n) is 5.23. The highest BCUT2D eigenvalue weighted by molar-refractivity contribution is 6.32. The van der Waals surface area contributed by atoms with Crippen LogP contribution in [-0.2, 0) is 11.2 Å². The van der Waals surface area contributed by atoms with Gasteiger partial charge in [-0.15, -0.1) is 0 Å². The van der Waals surface area contributed by atoms with E-state index in [2.05, 4.69) is 5.32 Å². The fourth-order valence-corrected chi connectivity index (χ4v) is 3.17. The van der Waals surface area contributed by atoms with E-state index in [0.717, 1.165) is 27.9 Å². The number of nitrogens with two attached hydrogens (primary N) is 1. The molecular formula is C16H14Cl2N2O. The number of benzene rings is 2. The van der Waals surface area contributed by atoms with E-state index in [0.29, 0.717) is 16.5 Å². The quantitative estimate of drug-likeness (QED) is 0.883. The minimum atomic E-state index is -0.351. The number of fused-ring (bicyclic) bond motifs is 1. The summed E-state index contributed by atoms with van der Waals surface area (Å²) in [5, 5.41) is 4.01. The number of anilines is 1. The van der Waals surface area contributed by atoms with Crippen molar-refractivity contribution < 1.29 is 4.79 Å². The Morgan fingerprint density at radius 1 is 1.19 bits per heavy atom. The van der Waals surface area contributed by atoms with Crippen LogP contribution >= 0.6 is 23.2 Å². The lowest BCUT2D eigenvalue weighted by Crippen LogP contribution is -2.14. The number of halogens is 2. The first kappa shape index (κ1) is 14.4. The Morgan fingerprint density at radius 2 is 1.95 bits per heavy atom. The van der Waals surface area contributed by atoms with Crippen LogP contribution in [0.15, 0.2) is 30.3 Å². The average molecular weight is 321 g/mol. The molecule has 2 aromatic rings. The summed E-state index contributed by atoms with van der Waals surface area (Å²) in [7, 11) is 0. The van der Waals surface area contributed by atoms with E-state index in [9.17, 15) is 4.79 Å². The van der Waals surface area contributed by atoms with E-state index in [4.69, 9.17) is 28.9 Å². The van der Waals surface area contributed by atoms with Gasteiger partial charge in [0.05, 0.1) is 12.5 Å². The van der Waals surface area contributed by atoms with Crippen LogP contribution in [0.25, 0.3) is 0 Å². The number of nitrogens with one attached hydrogen (secondary N) is 1. The summed E-state index contributed by atoms with van der Waals surface area (Å²) < 4.78 is 0. The molecule has 5 heteroatoms. The maximum absolute atomic E-state index is 11.5. The lowest BCUT2D eigenvalue weighted by Gasteiger charge is -2.18. The molecule has 21 heavy (non-hydrogen) atoms. The highest BCUT2D eigenvalue weighted by Gasteiger charge is 2.22. The Bertz CT molecular complexity index is 743. The number of carbonyl (C=O) groups is 1. The first-order valence-electron chi connectivity index (χ1n) is 6.59. The summed E-state index contributed by atoms with van der Waals surface area (Å²) in [6.45, 7) is 1.97. The van der Waals surface area contributed by atoms with Gasteiger partial charge in [0.2, 0.25) is 5.91 Å². The Morgan fingerprint density at radius 3 is 2.67 bits per heavy atom. The molecule has 1 unspecified atom stereocenters. The molecule has 0 spiro atoms. The molecule has 0 saturated carbocycles. The molecule has 0 aromatic heterocycles. The van der Waals surface area contributed by atoms with Crippen molar-refractivity contribution in [1.29, 1.82) is 0 Å². The Kier molecular flexibility index (Phi) is 3.66. The molecule has 3 nitrogen and oxygen atoms in total. The van der Waals surface area contributed by atoms with Crippen molar-refractivity contribution in [3.8, 4) is 0 Å². The van der Waals surface area contributed by atoms with Crippen LogP contribution in [0, 0.1) is 6.92 Å². The molecule has 0 bridgehead atoms. The molecule has 0 aliphatic carbocycles. The fourth-order valence-electron chi connectivity index (χ4n) is 2.66. The van der Waals surface area contributed by atoms with Crippen LogP contribution in [0.4, 0.5) is 5.69 Å². The smallest absolute Gasteiger partial charge is 0.228 e. The predicted octanol–water partition coefficient (Wildman–Crippen LogP) is 3.84. The normalized spacial score (nSPS) is 14.8. The first-order chi connectivity index (χ1) is 9.95. The maximum atomic E-state index is 11.5. The van der Waals surface area contributed by atoms with Crippen molar-refractivity contribution in [2.45, 2.75) is 19.4 Å². The van der Waals surface area contributed by atoms with E-state index in [1.807, 2.05) is 31.2 Å². The third-order valence-corrected chi connectivity index (χ3v) is 4.31. The molecule has 1 heterocycles. The lowest BCUT2D eigenvalue weighted by atomic mass is 9.94. The minimum Gasteiger partial charge on any atom is -0.325 e. The van der Waals surface area contributed by atoms with Gasteiger partial charge in [0.25, 0.3) is 0 Å². The second-order valence-corrected chi connectivity index (χ2v) is 6.08. The number of amides is 1. The number of hydrogen-bond acceptors (Lipinski definition) is 2. The Labute approximate surface area is 133 Å². The zero-order valence-corrected chi connectivity index (χ0v) is 12.9. The average Bonchev–Trinajstić information content (AvgIpc) is 2.76. The zero-order valence-electron chi connectivity index (χ0n) is 11.4. The van der Waals surface area contributed by atoms with Gasteiger partial charge in [0, 0.05) is 15.7 Å². The van der Waals surface area contributed by atoms with Crippen molar-refractivity contribution in [2.24, 2.45) is 5.73 Å². The molecule has 0 fully saturated rings. The van der Waals surface area contributed by atoms with Gasteiger partial charge in [-0.2, -0.15) is 0 Å². The highest BCUT2D eigenvalue weighted by Crippen LogP contribution is 2.35. The molecule has 3 N–H and O–H groups in total. The van der Waals surface area contributed by atoms with Crippen LogP contribution in [0.3, 0.4) is 0 Å². The van der Waals surface area contributed by atoms with Gasteiger partial charge >= 0.3 is 0 Å². The van der Waals surface area contributed by atoms with Crippen LogP contribution in [0.2, 0.25) is 10.0 Å². The number of hydrogen-bond donors (Lipinski definition) is 2. The van der Waals surface area contributed by atoms with E-state index in [1.54, 1.807) is 6.07 Å². The lowest BCUT2D eigenvalue weighted by molar-refractivity contribution is -0.115. The van der Waals surface area contributed by atoms with Gasteiger partial charge < -0.3 is 11.1 Å². The van der Waals surface area contributed by atoms with Gasteiger partial charge in [-0.1, -0.05) is 29.3 Å². The summed E-state index contributed by atoms with van der Waals surface area (Å²) in [6.07, 6.45) is 0.367. The summed E-state index contributed by atoms with van der Waals surface area (Å²) in [4.78, 5) is 11.5. The van der Waals surface area contributed by atoms with Crippen molar-refractivity contribution in [3.63, 3.8) is 0 Å². The first-order valence-corrected chi connectivity index (χ1v) is 7.35. The van der Waals surface area contributed by atoms with Gasteiger partial charge in [-0.3, -0.25) is 4.79 Å². The number of rotatable bonds is 2. The molecule has 1 aliphatic rings. The largest absolute Gasteiger partial charge is 0.325 e. The molecule has 3 rings (SSSR count). The van der Waals surface area contributed by atoms with Gasteiger partial charge in [-0.25, -0.2) is 0 Å². The number of aryl methyl sites for hydroxylation is 1. The van der Waals surface area contributed by atoms with Crippen molar-refractivity contribution in [2.75, 3.05) is 5.32 Å². The second kappa shape index (κ2) is 5.34. The van der Waals surface area contributed by atoms with Gasteiger partial charge in [0.1, 0.15) is 0 Å². The molecule has 2 aromatic carbocycles. The molecule has 0 radical (unpaired) electrons. The SMILES string of the molecule is Cc1cc(Cl)ccc1C(N)c1cc2c(cc1Cl)NC(=O)C2. The Balaban J connectivity index is 2.04. The van der Waals surface area contributed by atoms with Crippen LogP contribution in [0.1, 0.15) is 28.3 Å². The summed E-state index contributed by atoms with van der Waals surface area (Å²) >= 11 is 12.3. The molecule has 1 amide bonds. The van der Waals surface area contributed by atoms with E-state index < -0.39 is 0 Å². The van der Waals surface area contributed by atoms with Crippen molar-refractivity contribution in [1.82, 2.24) is 0 Å². The fraction of sp³-hybridized carbons (Fsp3) is 0.188. The summed E-state index contributed by atoms with van der Waals surface area (Å²) in [5.74, 6) is -0.0190. The zero-order chi connectivity index (χ0) is 15.1. The molecule has 1 atom stereocenters. The van der Waals surface area contributed by atoms with Gasteiger partial charge in [0.15, 0.2) is 0 Å². The molecular weight excluding hydrogens is 307 g/mol. The monoisotopic (exact) mass is 320 g/mol. The molecule has 1 aliphatic heterocycles. The summed E-state index contributed by atoms with van der Waals surface area (Å²) in [5.41, 5.74) is 10.9. The topological polar surface area (TPSA) is 55.1 Å². The van der Waals surface area contributed by atoms with Crippen LogP contribution in [0.5, 0.6) is 0 Å². The van der Waals surface area contributed by atoms with Gasteiger partial charge in [-0.05, 0) is 53.4 Å². The summed E-state index contributed by atoms with van der Waals surface area (Å²) in [6, 6.07) is 8.93. The third kappa shape index (κ3) is 2.64. The van der Waals surface area contributed by atoms with Crippen molar-refractivity contribution >= 4 is 34.8 Å². The van der Waals surface area contributed by atoms with E-state index in [-0.39, 0.29) is 11.9 Å². The van der Waals surface area contributed by atoms with Crippen molar-refractivity contribution in [3.05, 3.63) is 62.6 Å². The number of carbonyl (C=O) groups excluding carboxylic acids is 1. The molecule has 0 saturated heterocycles. The Hall–Kier alpha value is -1.55. The standard InChI is InChI=1S/C16H14Cl2N2O/c1-8-4-10(17)2-3-11(8)16(19)12-5-9-6-15(21)20-14(9)7-13(12)18/h2-5,7,16H,6,19H2,1H3,(H,20,21). The van der Waals surface area contributed by atoms with Crippen LogP contribution < -0.4 is 11.1 Å². The van der Waals surface area contributed by atoms with E-state index in [1.165, 1.54) is 0 Å². The molecule has 108 valence electrons.